The van der Waals surface area contributed by atoms with Gasteiger partial charge in [0.1, 0.15) is 5.75 Å². The Labute approximate surface area is 107 Å². The Morgan fingerprint density at radius 3 is 2.53 bits per heavy atom. The van der Waals surface area contributed by atoms with Crippen LogP contribution in [0.1, 0.15) is 0 Å². The zero-order valence-corrected chi connectivity index (χ0v) is 11.2. The number of hydrogen-bond donors (Lipinski definition) is 1. The maximum absolute atomic E-state index is 10.6. The molecule has 9 heteroatoms. The average molecular weight is 294 g/mol. The SMILES string of the molecule is COC(=NSSS(N)(=O)=O)Oc1ccccc1. The summed E-state index contributed by atoms with van der Waals surface area (Å²) in [5.74, 6) is 0.536. The fourth-order valence-corrected chi connectivity index (χ4v) is 2.63. The summed E-state index contributed by atoms with van der Waals surface area (Å²) >= 11 is 0. The van der Waals surface area contributed by atoms with Crippen LogP contribution in [0.5, 0.6) is 5.75 Å². The zero-order valence-electron chi connectivity index (χ0n) is 8.77. The molecule has 0 saturated carbocycles. The molecule has 1 aromatic carbocycles. The molecule has 0 fully saturated rings. The van der Waals surface area contributed by atoms with Crippen molar-refractivity contribution in [2.75, 3.05) is 7.11 Å². The second-order valence-electron chi connectivity index (χ2n) is 2.61. The molecule has 0 aliphatic rings. The lowest BCUT2D eigenvalue weighted by Crippen LogP contribution is -2.10. The molecular formula is C8H10N2O4S3. The van der Waals surface area contributed by atoms with Crippen LogP contribution in [0.15, 0.2) is 34.7 Å². The summed E-state index contributed by atoms with van der Waals surface area (Å²) in [5.41, 5.74) is 0. The third kappa shape index (κ3) is 6.41. The number of ether oxygens (including phenoxy) is 2. The smallest absolute Gasteiger partial charge is 0.401 e. The van der Waals surface area contributed by atoms with Crippen LogP contribution in [0.4, 0.5) is 0 Å². The Hall–Kier alpha value is -0.900. The molecule has 17 heavy (non-hydrogen) atoms. The van der Waals surface area contributed by atoms with E-state index in [1.165, 1.54) is 7.11 Å². The van der Waals surface area contributed by atoms with E-state index in [2.05, 4.69) is 4.40 Å². The third-order valence-electron chi connectivity index (χ3n) is 1.36. The van der Waals surface area contributed by atoms with E-state index in [0.717, 1.165) is 0 Å². The van der Waals surface area contributed by atoms with Crippen LogP contribution in [0.25, 0.3) is 0 Å². The summed E-state index contributed by atoms with van der Waals surface area (Å²) in [6.07, 6.45) is -0.0580. The molecule has 0 radical (unpaired) electrons. The van der Waals surface area contributed by atoms with Gasteiger partial charge in [-0.1, -0.05) is 18.2 Å². The first-order valence-electron chi connectivity index (χ1n) is 4.24. The average Bonchev–Trinajstić information content (AvgIpc) is 2.27. The van der Waals surface area contributed by atoms with Crippen molar-refractivity contribution < 1.29 is 17.9 Å². The number of methoxy groups -OCH3 is 1. The van der Waals surface area contributed by atoms with Crippen molar-refractivity contribution in [3.63, 3.8) is 0 Å². The molecule has 0 aromatic heterocycles. The van der Waals surface area contributed by atoms with Gasteiger partial charge in [-0.2, -0.15) is 8.42 Å². The molecular weight excluding hydrogens is 284 g/mol. The molecule has 0 amide bonds. The van der Waals surface area contributed by atoms with Gasteiger partial charge in [0.25, 0.3) is 9.06 Å². The van der Waals surface area contributed by atoms with Gasteiger partial charge < -0.3 is 9.47 Å². The first-order valence-corrected chi connectivity index (χ1v) is 8.41. The lowest BCUT2D eigenvalue weighted by molar-refractivity contribution is 0.302. The first-order chi connectivity index (χ1) is 8.01. The van der Waals surface area contributed by atoms with Gasteiger partial charge in [-0.05, 0) is 12.1 Å². The summed E-state index contributed by atoms with van der Waals surface area (Å²) in [7, 11) is -1.21. The van der Waals surface area contributed by atoms with Crippen molar-refractivity contribution in [1.29, 1.82) is 0 Å². The molecule has 0 aliphatic carbocycles. The lowest BCUT2D eigenvalue weighted by Gasteiger charge is -2.05. The van der Waals surface area contributed by atoms with Crippen LogP contribution in [0.3, 0.4) is 0 Å². The van der Waals surface area contributed by atoms with Crippen molar-refractivity contribution in [3.8, 4) is 5.75 Å². The standard InChI is InChI=1S/C8H10N2O4S3/c1-13-8(10-15-16-17(9,11)12)14-7-5-3-2-4-6-7/h2-6H,1H3,(H2,9,11,12). The van der Waals surface area contributed by atoms with E-state index < -0.39 is 9.06 Å². The Bertz CT molecular complexity index is 475. The van der Waals surface area contributed by atoms with Crippen molar-refractivity contribution in [1.82, 2.24) is 0 Å². The van der Waals surface area contributed by atoms with Crippen LogP contribution in [-0.4, -0.2) is 21.6 Å². The third-order valence-corrected chi connectivity index (χ3v) is 5.06. The van der Waals surface area contributed by atoms with Crippen LogP contribution >= 0.6 is 20.8 Å². The lowest BCUT2D eigenvalue weighted by atomic mass is 10.3. The topological polar surface area (TPSA) is 91.0 Å². The molecule has 0 aliphatic heterocycles. The second-order valence-corrected chi connectivity index (χ2v) is 7.54. The van der Waals surface area contributed by atoms with E-state index >= 15 is 0 Å². The molecule has 2 N–H and O–H groups in total. The van der Waals surface area contributed by atoms with Gasteiger partial charge in [-0.25, -0.2) is 5.14 Å². The van der Waals surface area contributed by atoms with Crippen LogP contribution in [0.2, 0.25) is 0 Å². The highest BCUT2D eigenvalue weighted by molar-refractivity contribution is 9.06. The largest absolute Gasteiger partial charge is 0.453 e. The van der Waals surface area contributed by atoms with E-state index in [-0.39, 0.29) is 6.08 Å². The highest BCUT2D eigenvalue weighted by atomic mass is 33.5. The van der Waals surface area contributed by atoms with Crippen LogP contribution in [-0.2, 0) is 13.8 Å². The fourth-order valence-electron chi connectivity index (χ4n) is 0.775. The van der Waals surface area contributed by atoms with E-state index in [1.54, 1.807) is 24.3 Å². The van der Waals surface area contributed by atoms with E-state index in [1.807, 2.05) is 6.07 Å². The minimum absolute atomic E-state index is 0.0580. The van der Waals surface area contributed by atoms with Crippen molar-refractivity contribution in [2.24, 2.45) is 9.54 Å². The number of nitrogens with two attached hydrogens (primary N) is 1. The van der Waals surface area contributed by atoms with Crippen molar-refractivity contribution in [2.45, 2.75) is 0 Å². The molecule has 0 spiro atoms. The van der Waals surface area contributed by atoms with Crippen molar-refractivity contribution in [3.05, 3.63) is 30.3 Å². The fraction of sp³-hybridized carbons (Fsp3) is 0.125. The summed E-state index contributed by atoms with van der Waals surface area (Å²) in [4.78, 5) is 0. The predicted molar refractivity (Wildman–Crippen MR) is 69.8 cm³/mol. The predicted octanol–water partition coefficient (Wildman–Crippen LogP) is 1.57. The molecule has 6 nitrogen and oxygen atoms in total. The van der Waals surface area contributed by atoms with Crippen molar-refractivity contribution >= 4 is 35.9 Å². The number of para-hydroxylation sites is 1. The van der Waals surface area contributed by atoms with E-state index in [0.29, 0.717) is 26.6 Å². The van der Waals surface area contributed by atoms with Gasteiger partial charge in [0.05, 0.1) is 27.9 Å². The van der Waals surface area contributed by atoms with Crippen LogP contribution in [0, 0.1) is 0 Å². The maximum atomic E-state index is 10.6. The number of hydrogen-bond acceptors (Lipinski definition) is 7. The highest BCUT2D eigenvalue weighted by Gasteiger charge is 2.06. The van der Waals surface area contributed by atoms with Gasteiger partial charge in [0.15, 0.2) is 0 Å². The van der Waals surface area contributed by atoms with Gasteiger partial charge in [-0.15, -0.1) is 4.40 Å². The number of benzene rings is 1. The molecule has 1 rings (SSSR count). The van der Waals surface area contributed by atoms with Gasteiger partial charge >= 0.3 is 6.08 Å². The Morgan fingerprint density at radius 2 is 2.00 bits per heavy atom. The zero-order chi connectivity index (χ0) is 12.7. The minimum atomic E-state index is -3.64. The normalized spacial score (nSPS) is 12.2. The summed E-state index contributed by atoms with van der Waals surface area (Å²) in [5, 5.41) is 4.78. The molecule has 0 heterocycles. The van der Waals surface area contributed by atoms with Gasteiger partial charge in [0, 0.05) is 0 Å². The number of rotatable bonds is 4. The van der Waals surface area contributed by atoms with E-state index in [9.17, 15) is 8.42 Å². The Balaban J connectivity index is 2.57. The quantitative estimate of drug-likeness (QED) is 0.392. The Kier molecular flexibility index (Phi) is 5.62. The van der Waals surface area contributed by atoms with Crippen LogP contribution < -0.4 is 9.88 Å². The molecule has 0 atom stereocenters. The van der Waals surface area contributed by atoms with E-state index in [4.69, 9.17) is 14.6 Å². The molecule has 94 valence electrons. The highest BCUT2D eigenvalue weighted by Crippen LogP contribution is 2.26. The maximum Gasteiger partial charge on any atom is 0.401 e. The molecule has 0 saturated heterocycles. The second kappa shape index (κ2) is 6.74. The van der Waals surface area contributed by atoms with Gasteiger partial charge in [0.2, 0.25) is 0 Å². The minimum Gasteiger partial charge on any atom is -0.453 e. The molecule has 0 unspecified atom stereocenters. The first kappa shape index (κ1) is 14.2. The monoisotopic (exact) mass is 294 g/mol. The molecule has 0 bridgehead atoms. The molecule has 1 aromatic rings. The summed E-state index contributed by atoms with van der Waals surface area (Å²) < 4.78 is 35.0. The Morgan fingerprint density at radius 1 is 1.35 bits per heavy atom. The summed E-state index contributed by atoms with van der Waals surface area (Å²) in [6.45, 7) is 0. The summed E-state index contributed by atoms with van der Waals surface area (Å²) in [6, 6.07) is 8.84. The number of nitrogens with zero attached hydrogens (tertiary/aromatic N) is 1. The van der Waals surface area contributed by atoms with Gasteiger partial charge in [-0.3, -0.25) is 0 Å².